The third-order valence-electron chi connectivity index (χ3n) is 3.21. The first-order valence-electron chi connectivity index (χ1n) is 6.77. The van der Waals surface area contributed by atoms with Crippen LogP contribution in [0.1, 0.15) is 18.2 Å². The second-order valence-electron chi connectivity index (χ2n) is 4.70. The van der Waals surface area contributed by atoms with Crippen molar-refractivity contribution >= 4 is 31.9 Å². The number of rotatable bonds is 4. The van der Waals surface area contributed by atoms with E-state index in [0.717, 1.165) is 0 Å². The number of nitriles is 1. The molecule has 0 spiro atoms. The summed E-state index contributed by atoms with van der Waals surface area (Å²) in [6.45, 7) is 4.12. The Morgan fingerprint density at radius 3 is 2.52 bits per heavy atom. The lowest BCUT2D eigenvalue weighted by Gasteiger charge is -2.16. The van der Waals surface area contributed by atoms with E-state index in [0.29, 0.717) is 43.9 Å². The number of H-pyrrole nitrogens is 1. The van der Waals surface area contributed by atoms with Crippen LogP contribution < -0.4 is 15.0 Å². The molecule has 0 bridgehead atoms. The molecule has 0 saturated heterocycles. The van der Waals surface area contributed by atoms with Crippen LogP contribution in [0.4, 0.5) is 0 Å². The average Bonchev–Trinajstić information content (AvgIpc) is 2.51. The number of ether oxygens (including phenoxy) is 2. The Morgan fingerprint density at radius 1 is 1.26 bits per heavy atom. The van der Waals surface area contributed by atoms with Gasteiger partial charge in [-0.05, 0) is 57.8 Å². The van der Waals surface area contributed by atoms with Crippen molar-refractivity contribution in [2.24, 2.45) is 0 Å². The molecule has 2 rings (SSSR count). The summed E-state index contributed by atoms with van der Waals surface area (Å²) in [5.74, 6) is 1.07. The number of nitrogens with one attached hydrogen (secondary N) is 1. The van der Waals surface area contributed by atoms with Gasteiger partial charge >= 0.3 is 0 Å². The molecule has 1 aromatic carbocycles. The zero-order chi connectivity index (χ0) is 17.1. The molecule has 2 aromatic rings. The Morgan fingerprint density at radius 2 is 1.96 bits per heavy atom. The fraction of sp³-hybridized carbons (Fsp3) is 0.250. The standard InChI is InChI=1S/C16H14Br2N2O3/c1-4-23-15-12(22-3)6-10(13(17)14(15)18)9-5-8(2)20-16(21)11(9)7-19/h5-6H,4H2,1-3H3,(H,20,21). The van der Waals surface area contributed by atoms with Crippen LogP contribution in [0.3, 0.4) is 0 Å². The average molecular weight is 442 g/mol. The minimum absolute atomic E-state index is 0.0504. The van der Waals surface area contributed by atoms with Crippen LogP contribution in [0.2, 0.25) is 0 Å². The van der Waals surface area contributed by atoms with Gasteiger partial charge in [-0.25, -0.2) is 0 Å². The lowest BCUT2D eigenvalue weighted by atomic mass is 10.0. The van der Waals surface area contributed by atoms with Crippen LogP contribution in [0, 0.1) is 18.3 Å². The zero-order valence-corrected chi connectivity index (χ0v) is 16.0. The van der Waals surface area contributed by atoms with Gasteiger partial charge in [0.2, 0.25) is 0 Å². The summed E-state index contributed by atoms with van der Waals surface area (Å²) in [7, 11) is 1.54. The third-order valence-corrected chi connectivity index (χ3v) is 5.32. The Balaban J connectivity index is 2.83. The summed E-state index contributed by atoms with van der Waals surface area (Å²) in [6.07, 6.45) is 0. The van der Waals surface area contributed by atoms with E-state index in [1.165, 1.54) is 7.11 Å². The molecule has 0 saturated carbocycles. The number of nitrogens with zero attached hydrogens (tertiary/aromatic N) is 1. The van der Waals surface area contributed by atoms with E-state index < -0.39 is 5.56 Å². The molecule has 0 atom stereocenters. The molecule has 120 valence electrons. The molecule has 0 radical (unpaired) electrons. The largest absolute Gasteiger partial charge is 0.493 e. The quantitative estimate of drug-likeness (QED) is 0.772. The van der Waals surface area contributed by atoms with Gasteiger partial charge in [-0.1, -0.05) is 0 Å². The predicted molar refractivity (Wildman–Crippen MR) is 95.1 cm³/mol. The number of pyridine rings is 1. The van der Waals surface area contributed by atoms with E-state index in [2.05, 4.69) is 36.8 Å². The summed E-state index contributed by atoms with van der Waals surface area (Å²) in [6, 6.07) is 5.46. The molecule has 0 fully saturated rings. The van der Waals surface area contributed by atoms with Crippen LogP contribution in [0.5, 0.6) is 11.5 Å². The van der Waals surface area contributed by atoms with Gasteiger partial charge in [0.05, 0.1) is 18.2 Å². The van der Waals surface area contributed by atoms with Crippen molar-refractivity contribution in [3.05, 3.63) is 42.7 Å². The molecular formula is C16H14Br2N2O3. The van der Waals surface area contributed by atoms with Crippen molar-refractivity contribution in [2.75, 3.05) is 13.7 Å². The van der Waals surface area contributed by atoms with Gasteiger partial charge in [0.1, 0.15) is 11.6 Å². The molecule has 1 N–H and O–H groups in total. The summed E-state index contributed by atoms with van der Waals surface area (Å²) in [4.78, 5) is 14.7. The van der Waals surface area contributed by atoms with Crippen LogP contribution >= 0.6 is 31.9 Å². The number of hydrogen-bond acceptors (Lipinski definition) is 4. The molecule has 23 heavy (non-hydrogen) atoms. The van der Waals surface area contributed by atoms with E-state index in [9.17, 15) is 10.1 Å². The molecule has 0 aliphatic heterocycles. The Hall–Kier alpha value is -1.78. The summed E-state index contributed by atoms with van der Waals surface area (Å²) in [5.41, 5.74) is 1.50. The Bertz CT molecular complexity index is 854. The van der Waals surface area contributed by atoms with Gasteiger partial charge in [-0.15, -0.1) is 0 Å². The first-order valence-corrected chi connectivity index (χ1v) is 8.36. The van der Waals surface area contributed by atoms with Gasteiger partial charge in [0.25, 0.3) is 5.56 Å². The SMILES string of the molecule is CCOc1c(OC)cc(-c2cc(C)[nH]c(=O)c2C#N)c(Br)c1Br. The highest BCUT2D eigenvalue weighted by molar-refractivity contribution is 9.13. The molecule has 0 unspecified atom stereocenters. The molecule has 0 aliphatic carbocycles. The molecular weight excluding hydrogens is 428 g/mol. The van der Waals surface area contributed by atoms with Crippen LogP contribution in [-0.4, -0.2) is 18.7 Å². The summed E-state index contributed by atoms with van der Waals surface area (Å²) >= 11 is 6.99. The number of aromatic nitrogens is 1. The van der Waals surface area contributed by atoms with E-state index in [-0.39, 0.29) is 5.56 Å². The van der Waals surface area contributed by atoms with Crippen molar-refractivity contribution < 1.29 is 9.47 Å². The molecule has 1 heterocycles. The fourth-order valence-corrected chi connectivity index (χ4v) is 3.26. The van der Waals surface area contributed by atoms with Gasteiger partial charge in [-0.2, -0.15) is 5.26 Å². The fourth-order valence-electron chi connectivity index (χ4n) is 2.22. The van der Waals surface area contributed by atoms with E-state index >= 15 is 0 Å². The highest BCUT2D eigenvalue weighted by Gasteiger charge is 2.20. The maximum atomic E-state index is 12.0. The first-order chi connectivity index (χ1) is 10.9. The minimum Gasteiger partial charge on any atom is -0.493 e. The Labute approximate surface area is 150 Å². The zero-order valence-electron chi connectivity index (χ0n) is 12.8. The smallest absolute Gasteiger partial charge is 0.266 e. The van der Waals surface area contributed by atoms with Crippen molar-refractivity contribution in [3.63, 3.8) is 0 Å². The summed E-state index contributed by atoms with van der Waals surface area (Å²) in [5, 5.41) is 9.32. The number of halogens is 2. The maximum absolute atomic E-state index is 12.0. The molecule has 1 aromatic heterocycles. The number of hydrogen-bond donors (Lipinski definition) is 1. The lowest BCUT2D eigenvalue weighted by Crippen LogP contribution is -2.13. The van der Waals surface area contributed by atoms with Gasteiger partial charge in [0, 0.05) is 21.3 Å². The van der Waals surface area contributed by atoms with Gasteiger partial charge < -0.3 is 14.5 Å². The first kappa shape index (κ1) is 17.6. The number of aromatic amines is 1. The van der Waals surface area contributed by atoms with E-state index in [1.807, 2.05) is 13.0 Å². The molecule has 0 amide bonds. The molecule has 7 heteroatoms. The molecule has 0 aliphatic rings. The highest BCUT2D eigenvalue weighted by Crippen LogP contribution is 2.46. The monoisotopic (exact) mass is 440 g/mol. The topological polar surface area (TPSA) is 75.1 Å². The number of benzene rings is 1. The maximum Gasteiger partial charge on any atom is 0.266 e. The lowest BCUT2D eigenvalue weighted by molar-refractivity contribution is 0.309. The van der Waals surface area contributed by atoms with Crippen molar-refractivity contribution in [2.45, 2.75) is 13.8 Å². The van der Waals surface area contributed by atoms with Crippen molar-refractivity contribution in [3.8, 4) is 28.7 Å². The van der Waals surface area contributed by atoms with Gasteiger partial charge in [-0.3, -0.25) is 4.79 Å². The highest BCUT2D eigenvalue weighted by atomic mass is 79.9. The second kappa shape index (κ2) is 7.20. The van der Waals surface area contributed by atoms with Crippen LogP contribution in [0.25, 0.3) is 11.1 Å². The van der Waals surface area contributed by atoms with Crippen molar-refractivity contribution in [1.82, 2.24) is 4.98 Å². The number of aryl methyl sites for hydroxylation is 1. The third kappa shape index (κ3) is 3.28. The van der Waals surface area contributed by atoms with E-state index in [1.54, 1.807) is 19.1 Å². The minimum atomic E-state index is -0.418. The van der Waals surface area contributed by atoms with Crippen molar-refractivity contribution in [1.29, 1.82) is 5.26 Å². The Kier molecular flexibility index (Phi) is 5.50. The van der Waals surface area contributed by atoms with Crippen LogP contribution in [-0.2, 0) is 0 Å². The van der Waals surface area contributed by atoms with Gasteiger partial charge in [0.15, 0.2) is 11.5 Å². The second-order valence-corrected chi connectivity index (χ2v) is 6.28. The normalized spacial score (nSPS) is 10.3. The predicted octanol–water partition coefficient (Wildman–Crippen LogP) is 4.15. The van der Waals surface area contributed by atoms with E-state index in [4.69, 9.17) is 9.47 Å². The summed E-state index contributed by atoms with van der Waals surface area (Å²) < 4.78 is 12.3. The number of methoxy groups -OCH3 is 1. The molecule has 5 nitrogen and oxygen atoms in total. The van der Waals surface area contributed by atoms with Crippen LogP contribution in [0.15, 0.2) is 25.9 Å².